The maximum Gasteiger partial charge on any atom is 0.193 e. The molecular formula is C20H26FN3O3. The van der Waals surface area contributed by atoms with Gasteiger partial charge in [0.2, 0.25) is 0 Å². The highest BCUT2D eigenvalue weighted by Crippen LogP contribution is 2.23. The Morgan fingerprint density at radius 1 is 1.19 bits per heavy atom. The van der Waals surface area contributed by atoms with Crippen molar-refractivity contribution in [2.45, 2.75) is 6.42 Å². The maximum atomic E-state index is 12.9. The van der Waals surface area contributed by atoms with Crippen molar-refractivity contribution < 1.29 is 19.0 Å². The molecule has 0 aromatic heterocycles. The second-order valence-corrected chi connectivity index (χ2v) is 5.94. The Hall–Kier alpha value is -2.96. The topological polar surface area (TPSA) is 66.3 Å². The summed E-state index contributed by atoms with van der Waals surface area (Å²) in [4.78, 5) is 6.19. The van der Waals surface area contributed by atoms with Crippen LogP contribution in [0.4, 0.5) is 4.39 Å². The van der Waals surface area contributed by atoms with Gasteiger partial charge in [-0.05, 0) is 42.3 Å². The van der Waals surface area contributed by atoms with Crippen LogP contribution < -0.4 is 14.8 Å². The van der Waals surface area contributed by atoms with Gasteiger partial charge in [-0.1, -0.05) is 6.07 Å². The Labute approximate surface area is 159 Å². The van der Waals surface area contributed by atoms with Crippen LogP contribution in [0.2, 0.25) is 0 Å². The molecule has 0 unspecified atom stereocenters. The Kier molecular flexibility index (Phi) is 7.73. The molecule has 2 aromatic carbocycles. The highest BCUT2D eigenvalue weighted by atomic mass is 19.1. The molecule has 7 heteroatoms. The van der Waals surface area contributed by atoms with Crippen LogP contribution in [0.1, 0.15) is 5.56 Å². The lowest BCUT2D eigenvalue weighted by atomic mass is 10.1. The lowest BCUT2D eigenvalue weighted by Crippen LogP contribution is -2.41. The molecule has 0 saturated carbocycles. The van der Waals surface area contributed by atoms with Gasteiger partial charge in [0, 0.05) is 26.7 Å². The monoisotopic (exact) mass is 375 g/mol. The van der Waals surface area contributed by atoms with E-state index >= 15 is 0 Å². The molecule has 0 aliphatic heterocycles. The number of methoxy groups -OCH3 is 1. The van der Waals surface area contributed by atoms with Gasteiger partial charge in [-0.2, -0.15) is 0 Å². The van der Waals surface area contributed by atoms with Gasteiger partial charge in [0.1, 0.15) is 29.7 Å². The fourth-order valence-electron chi connectivity index (χ4n) is 2.51. The summed E-state index contributed by atoms with van der Waals surface area (Å²) in [7, 11) is 5.19. The normalized spacial score (nSPS) is 11.2. The molecule has 0 amide bonds. The van der Waals surface area contributed by atoms with Gasteiger partial charge < -0.3 is 24.8 Å². The van der Waals surface area contributed by atoms with E-state index in [2.05, 4.69) is 10.3 Å². The van der Waals surface area contributed by atoms with Crippen LogP contribution in [0, 0.1) is 5.82 Å². The molecule has 2 rings (SSSR count). The third-order valence-electron chi connectivity index (χ3n) is 4.05. The second-order valence-electron chi connectivity index (χ2n) is 5.94. The summed E-state index contributed by atoms with van der Waals surface area (Å²) in [5.41, 5.74) is 0.834. The zero-order chi connectivity index (χ0) is 19.6. The standard InChI is InChI=1S/C20H26FN3O3/c1-22-20(23-11-10-15-4-7-18(26-3)14-19(15)25)24(2)12-13-27-17-8-5-16(21)6-9-17/h4-9,14,25H,10-13H2,1-3H3,(H,22,23). The molecular weight excluding hydrogens is 349 g/mol. The predicted molar refractivity (Wildman–Crippen MR) is 104 cm³/mol. The van der Waals surface area contributed by atoms with Crippen molar-refractivity contribution in [3.05, 3.63) is 53.8 Å². The minimum atomic E-state index is -0.285. The number of phenols is 1. The summed E-state index contributed by atoms with van der Waals surface area (Å²) in [5.74, 6) is 1.91. The number of likely N-dealkylation sites (N-methyl/N-ethyl adjacent to an activating group) is 1. The van der Waals surface area contributed by atoms with Crippen LogP contribution in [0.15, 0.2) is 47.5 Å². The Bertz CT molecular complexity index is 751. The summed E-state index contributed by atoms with van der Waals surface area (Å²) < 4.78 is 23.6. The third-order valence-corrected chi connectivity index (χ3v) is 4.05. The van der Waals surface area contributed by atoms with Gasteiger partial charge >= 0.3 is 0 Å². The molecule has 0 bridgehead atoms. The number of nitrogens with one attached hydrogen (secondary N) is 1. The molecule has 146 valence electrons. The van der Waals surface area contributed by atoms with Crippen LogP contribution in [0.5, 0.6) is 17.2 Å². The number of phenolic OH excluding ortho intramolecular Hbond substituents is 1. The molecule has 0 spiro atoms. The van der Waals surface area contributed by atoms with Crippen LogP contribution >= 0.6 is 0 Å². The summed E-state index contributed by atoms with van der Waals surface area (Å²) in [5, 5.41) is 13.3. The first kappa shape index (κ1) is 20.4. The number of rotatable bonds is 8. The van der Waals surface area contributed by atoms with Gasteiger partial charge in [0.05, 0.1) is 13.7 Å². The van der Waals surface area contributed by atoms with Crippen LogP contribution in [0.3, 0.4) is 0 Å². The van der Waals surface area contributed by atoms with Crippen molar-refractivity contribution in [2.24, 2.45) is 4.99 Å². The van der Waals surface area contributed by atoms with Crippen LogP contribution in [-0.2, 0) is 6.42 Å². The lowest BCUT2D eigenvalue weighted by Gasteiger charge is -2.22. The van der Waals surface area contributed by atoms with E-state index < -0.39 is 0 Å². The SMILES string of the molecule is CN=C(NCCc1ccc(OC)cc1O)N(C)CCOc1ccc(F)cc1. The first-order valence-electron chi connectivity index (χ1n) is 8.69. The smallest absolute Gasteiger partial charge is 0.193 e. The zero-order valence-corrected chi connectivity index (χ0v) is 15.9. The molecule has 6 nitrogen and oxygen atoms in total. The van der Waals surface area contributed by atoms with E-state index in [-0.39, 0.29) is 11.6 Å². The van der Waals surface area contributed by atoms with Gasteiger partial charge in [0.15, 0.2) is 5.96 Å². The highest BCUT2D eigenvalue weighted by Gasteiger charge is 2.07. The second kappa shape index (κ2) is 10.3. The Morgan fingerprint density at radius 2 is 1.89 bits per heavy atom. The summed E-state index contributed by atoms with van der Waals surface area (Å²) in [6, 6.07) is 11.2. The molecule has 0 fully saturated rings. The van der Waals surface area contributed by atoms with E-state index in [1.54, 1.807) is 32.4 Å². The number of ether oxygens (including phenoxy) is 2. The quantitative estimate of drug-likeness (QED) is 0.549. The van der Waals surface area contributed by atoms with E-state index in [4.69, 9.17) is 9.47 Å². The lowest BCUT2D eigenvalue weighted by molar-refractivity contribution is 0.281. The van der Waals surface area contributed by atoms with Crippen molar-refractivity contribution in [2.75, 3.05) is 40.9 Å². The average molecular weight is 375 g/mol. The summed E-state index contributed by atoms with van der Waals surface area (Å²) in [6.07, 6.45) is 0.648. The molecule has 2 aromatic rings. The van der Waals surface area contributed by atoms with Crippen LogP contribution in [0.25, 0.3) is 0 Å². The number of halogens is 1. The number of guanidine groups is 1. The highest BCUT2D eigenvalue weighted by molar-refractivity contribution is 5.79. The first-order chi connectivity index (χ1) is 13.0. The minimum Gasteiger partial charge on any atom is -0.508 e. The zero-order valence-electron chi connectivity index (χ0n) is 15.9. The van der Waals surface area contributed by atoms with Crippen molar-refractivity contribution in [3.63, 3.8) is 0 Å². The number of aromatic hydroxyl groups is 1. The molecule has 0 saturated heterocycles. The first-order valence-corrected chi connectivity index (χ1v) is 8.69. The Balaban J connectivity index is 1.76. The van der Waals surface area contributed by atoms with Crippen molar-refractivity contribution in [1.82, 2.24) is 10.2 Å². The predicted octanol–water partition coefficient (Wildman–Crippen LogP) is 2.67. The number of hydrogen-bond donors (Lipinski definition) is 2. The van der Waals surface area contributed by atoms with E-state index in [1.165, 1.54) is 12.1 Å². The van der Waals surface area contributed by atoms with Gasteiger partial charge in [-0.3, -0.25) is 4.99 Å². The van der Waals surface area contributed by atoms with Gasteiger partial charge in [-0.15, -0.1) is 0 Å². The molecule has 0 radical (unpaired) electrons. The number of hydrogen-bond acceptors (Lipinski definition) is 4. The molecule has 0 aliphatic rings. The van der Waals surface area contributed by atoms with E-state index in [1.807, 2.05) is 24.1 Å². The summed E-state index contributed by atoms with van der Waals surface area (Å²) >= 11 is 0. The fourth-order valence-corrected chi connectivity index (χ4v) is 2.51. The van der Waals surface area contributed by atoms with Crippen molar-refractivity contribution >= 4 is 5.96 Å². The third kappa shape index (κ3) is 6.36. The minimum absolute atomic E-state index is 0.215. The molecule has 0 heterocycles. The Morgan fingerprint density at radius 3 is 2.52 bits per heavy atom. The largest absolute Gasteiger partial charge is 0.508 e. The maximum absolute atomic E-state index is 12.9. The van der Waals surface area contributed by atoms with Crippen LogP contribution in [-0.4, -0.2) is 56.9 Å². The number of nitrogens with zero attached hydrogens (tertiary/aromatic N) is 2. The molecule has 0 aliphatic carbocycles. The average Bonchev–Trinajstić information content (AvgIpc) is 2.67. The molecule has 0 atom stereocenters. The number of aliphatic imine (C=N–C) groups is 1. The molecule has 2 N–H and O–H groups in total. The molecule has 27 heavy (non-hydrogen) atoms. The fraction of sp³-hybridized carbons (Fsp3) is 0.350. The van der Waals surface area contributed by atoms with Gasteiger partial charge in [-0.25, -0.2) is 4.39 Å². The van der Waals surface area contributed by atoms with Crippen molar-refractivity contribution in [1.29, 1.82) is 0 Å². The van der Waals surface area contributed by atoms with Gasteiger partial charge in [0.25, 0.3) is 0 Å². The van der Waals surface area contributed by atoms with E-state index in [0.29, 0.717) is 37.6 Å². The van der Waals surface area contributed by atoms with Crippen molar-refractivity contribution in [3.8, 4) is 17.2 Å². The number of benzene rings is 2. The summed E-state index contributed by atoms with van der Waals surface area (Å²) in [6.45, 7) is 1.68. The van der Waals surface area contributed by atoms with E-state index in [9.17, 15) is 9.50 Å². The van der Waals surface area contributed by atoms with E-state index in [0.717, 1.165) is 11.5 Å².